The van der Waals surface area contributed by atoms with Crippen LogP contribution in [-0.4, -0.2) is 65.2 Å². The molecule has 0 spiro atoms. The first kappa shape index (κ1) is 27.7. The minimum atomic E-state index is -0.356. The Bertz CT molecular complexity index is 1630. The number of carbonyl (C=O) groups excluding carboxylic acids is 1. The zero-order valence-corrected chi connectivity index (χ0v) is 24.4. The van der Waals surface area contributed by atoms with Crippen molar-refractivity contribution in [3.63, 3.8) is 0 Å². The quantitative estimate of drug-likeness (QED) is 0.291. The van der Waals surface area contributed by atoms with E-state index in [-0.39, 0.29) is 29.4 Å². The van der Waals surface area contributed by atoms with Crippen molar-refractivity contribution in [1.29, 1.82) is 0 Å². The van der Waals surface area contributed by atoms with Crippen molar-refractivity contribution in [1.82, 2.24) is 19.9 Å². The number of aromatic amines is 1. The van der Waals surface area contributed by atoms with Crippen LogP contribution in [0.5, 0.6) is 0 Å². The van der Waals surface area contributed by atoms with Crippen LogP contribution in [0.2, 0.25) is 5.02 Å². The van der Waals surface area contributed by atoms with Gasteiger partial charge in [-0.3, -0.25) is 9.59 Å². The molecule has 10 heteroatoms. The van der Waals surface area contributed by atoms with Crippen LogP contribution in [0.4, 0.5) is 5.82 Å². The molecule has 0 radical (unpaired) electrons. The maximum Gasteiger partial charge on any atom is 0.251 e. The minimum absolute atomic E-state index is 0.0299. The summed E-state index contributed by atoms with van der Waals surface area (Å²) in [5, 5.41) is 1.51. The number of amides is 1. The van der Waals surface area contributed by atoms with E-state index in [0.717, 1.165) is 59.6 Å². The zero-order chi connectivity index (χ0) is 28.6. The molecule has 1 amide bonds. The SMILES string of the molecule is CC1CN(C(=O)COCCCc2nc(N3CCCC3)c3oc4ccccc4c3n2)CCC1(C)c1cc(Cl)c[nH]c1=O. The molecule has 41 heavy (non-hydrogen) atoms. The number of piperidine rings is 1. The number of hydrogen-bond acceptors (Lipinski definition) is 7. The van der Waals surface area contributed by atoms with Crippen LogP contribution in [0.15, 0.2) is 45.7 Å². The monoisotopic (exact) mass is 577 g/mol. The second-order valence-corrected chi connectivity index (χ2v) is 12.0. The molecule has 0 bridgehead atoms. The molecule has 2 aliphatic rings. The Hall–Kier alpha value is -3.43. The largest absolute Gasteiger partial charge is 0.450 e. The number of aromatic nitrogens is 3. The van der Waals surface area contributed by atoms with Crippen molar-refractivity contribution in [3.8, 4) is 0 Å². The molecule has 2 aliphatic heterocycles. The number of H-pyrrole nitrogens is 1. The lowest BCUT2D eigenvalue weighted by molar-refractivity contribution is -0.139. The van der Waals surface area contributed by atoms with Crippen LogP contribution >= 0.6 is 11.6 Å². The van der Waals surface area contributed by atoms with Gasteiger partial charge in [-0.1, -0.05) is 37.6 Å². The van der Waals surface area contributed by atoms with Gasteiger partial charge in [0.15, 0.2) is 11.4 Å². The molecule has 0 saturated carbocycles. The summed E-state index contributed by atoms with van der Waals surface area (Å²) in [7, 11) is 0. The normalized spacial score (nSPS) is 21.3. The molecule has 4 aromatic rings. The Morgan fingerprint density at radius 2 is 2.02 bits per heavy atom. The van der Waals surface area contributed by atoms with E-state index < -0.39 is 0 Å². The van der Waals surface area contributed by atoms with E-state index in [1.54, 1.807) is 6.07 Å². The highest BCUT2D eigenvalue weighted by atomic mass is 35.5. The van der Waals surface area contributed by atoms with Crippen LogP contribution in [0.1, 0.15) is 50.9 Å². The number of carbonyl (C=O) groups is 1. The molecule has 2 unspecified atom stereocenters. The van der Waals surface area contributed by atoms with Gasteiger partial charge in [-0.2, -0.15) is 0 Å². The number of nitrogens with one attached hydrogen (secondary N) is 1. The molecule has 3 aromatic heterocycles. The average molecular weight is 578 g/mol. The number of furan rings is 1. The smallest absolute Gasteiger partial charge is 0.251 e. The van der Waals surface area contributed by atoms with Crippen molar-refractivity contribution in [2.75, 3.05) is 44.3 Å². The van der Waals surface area contributed by atoms with E-state index in [2.05, 4.69) is 23.7 Å². The van der Waals surface area contributed by atoms with Crippen LogP contribution in [0.25, 0.3) is 22.1 Å². The first-order valence-corrected chi connectivity index (χ1v) is 14.9. The maximum atomic E-state index is 12.9. The van der Waals surface area contributed by atoms with Crippen molar-refractivity contribution in [3.05, 3.63) is 63.3 Å². The fourth-order valence-corrected chi connectivity index (χ4v) is 6.37. The average Bonchev–Trinajstić information content (AvgIpc) is 3.64. The lowest BCUT2D eigenvalue weighted by Crippen LogP contribution is -2.51. The minimum Gasteiger partial charge on any atom is -0.450 e. The first-order valence-electron chi connectivity index (χ1n) is 14.5. The van der Waals surface area contributed by atoms with Gasteiger partial charge in [0.1, 0.15) is 23.5 Å². The van der Waals surface area contributed by atoms with E-state index in [9.17, 15) is 9.59 Å². The van der Waals surface area contributed by atoms with Crippen molar-refractivity contribution < 1.29 is 13.9 Å². The molecule has 216 valence electrons. The van der Waals surface area contributed by atoms with E-state index in [0.29, 0.717) is 49.5 Å². The molecule has 9 nitrogen and oxygen atoms in total. The van der Waals surface area contributed by atoms with Crippen molar-refractivity contribution in [2.24, 2.45) is 5.92 Å². The second-order valence-electron chi connectivity index (χ2n) is 11.6. The number of benzene rings is 1. The number of pyridine rings is 1. The number of likely N-dealkylation sites (tertiary alicyclic amines) is 1. The van der Waals surface area contributed by atoms with Gasteiger partial charge in [0, 0.05) is 61.8 Å². The van der Waals surface area contributed by atoms with E-state index in [4.69, 9.17) is 30.7 Å². The van der Waals surface area contributed by atoms with Gasteiger partial charge in [-0.05, 0) is 49.8 Å². The number of ether oxygens (including phenoxy) is 1. The highest BCUT2D eigenvalue weighted by Crippen LogP contribution is 2.38. The van der Waals surface area contributed by atoms with Crippen LogP contribution in [0.3, 0.4) is 0 Å². The molecule has 5 heterocycles. The van der Waals surface area contributed by atoms with E-state index in [1.165, 1.54) is 6.20 Å². The molecule has 1 N–H and O–H groups in total. The van der Waals surface area contributed by atoms with Gasteiger partial charge in [0.2, 0.25) is 5.91 Å². The maximum absolute atomic E-state index is 12.9. The number of halogens is 1. The summed E-state index contributed by atoms with van der Waals surface area (Å²) in [4.78, 5) is 42.1. The molecular weight excluding hydrogens is 542 g/mol. The van der Waals surface area contributed by atoms with Gasteiger partial charge in [-0.25, -0.2) is 9.97 Å². The van der Waals surface area contributed by atoms with Crippen molar-refractivity contribution in [2.45, 2.75) is 51.4 Å². The summed E-state index contributed by atoms with van der Waals surface area (Å²) in [6.45, 7) is 7.71. The summed E-state index contributed by atoms with van der Waals surface area (Å²) in [5.74, 6) is 1.70. The fraction of sp³-hybridized carbons (Fsp3) is 0.484. The van der Waals surface area contributed by atoms with E-state index >= 15 is 0 Å². The number of hydrogen-bond donors (Lipinski definition) is 1. The predicted molar refractivity (Wildman–Crippen MR) is 160 cm³/mol. The number of aryl methyl sites for hydroxylation is 1. The number of anilines is 1. The van der Waals surface area contributed by atoms with Gasteiger partial charge >= 0.3 is 0 Å². The summed E-state index contributed by atoms with van der Waals surface area (Å²) in [6.07, 6.45) is 5.85. The van der Waals surface area contributed by atoms with Crippen LogP contribution in [0, 0.1) is 5.92 Å². The molecule has 0 aliphatic carbocycles. The molecule has 1 aromatic carbocycles. The Balaban J connectivity index is 1.05. The van der Waals surface area contributed by atoms with Crippen LogP contribution < -0.4 is 10.5 Å². The summed E-state index contributed by atoms with van der Waals surface area (Å²) >= 11 is 6.16. The van der Waals surface area contributed by atoms with Gasteiger partial charge in [0.05, 0.1) is 5.02 Å². The van der Waals surface area contributed by atoms with Gasteiger partial charge in [0.25, 0.3) is 5.56 Å². The molecule has 2 atom stereocenters. The Morgan fingerprint density at radius 3 is 2.83 bits per heavy atom. The van der Waals surface area contributed by atoms with Crippen LogP contribution in [-0.2, 0) is 21.4 Å². The first-order chi connectivity index (χ1) is 19.8. The van der Waals surface area contributed by atoms with E-state index in [1.807, 2.05) is 29.2 Å². The highest BCUT2D eigenvalue weighted by molar-refractivity contribution is 6.30. The Labute approximate surface area is 243 Å². The topological polar surface area (TPSA) is 105 Å². The summed E-state index contributed by atoms with van der Waals surface area (Å²) < 4.78 is 12.0. The predicted octanol–water partition coefficient (Wildman–Crippen LogP) is 5.09. The standard InChI is InChI=1S/C31H36ClN5O4/c1-20-18-37(14-11-31(20,2)23-16-21(32)17-33-30(23)39)26(38)19-40-15-7-10-25-34-27-22-8-3-4-9-24(22)41-28(27)29(35-25)36-12-5-6-13-36/h3-4,8-9,16-17,20H,5-7,10-15,18-19H2,1-2H3,(H,33,39). The number of nitrogens with zero attached hydrogens (tertiary/aromatic N) is 4. The lowest BCUT2D eigenvalue weighted by Gasteiger charge is -2.44. The molecular formula is C31H36ClN5O4. The Kier molecular flexibility index (Phi) is 7.74. The number of para-hydroxylation sites is 1. The van der Waals surface area contributed by atoms with Gasteiger partial charge < -0.3 is 23.9 Å². The fourth-order valence-electron chi connectivity index (χ4n) is 6.20. The zero-order valence-electron chi connectivity index (χ0n) is 23.6. The summed E-state index contributed by atoms with van der Waals surface area (Å²) in [5.41, 5.74) is 2.63. The summed E-state index contributed by atoms with van der Waals surface area (Å²) in [6, 6.07) is 9.73. The highest BCUT2D eigenvalue weighted by Gasteiger charge is 2.41. The number of rotatable bonds is 8. The third kappa shape index (κ3) is 5.45. The molecule has 2 fully saturated rings. The second kappa shape index (κ2) is 11.4. The molecule has 6 rings (SSSR count). The number of fused-ring (bicyclic) bond motifs is 3. The Morgan fingerprint density at radius 1 is 1.22 bits per heavy atom. The third-order valence-electron chi connectivity index (χ3n) is 8.89. The third-order valence-corrected chi connectivity index (χ3v) is 9.11. The molecule has 2 saturated heterocycles. The van der Waals surface area contributed by atoms with Gasteiger partial charge in [-0.15, -0.1) is 0 Å². The van der Waals surface area contributed by atoms with Crippen molar-refractivity contribution >= 4 is 45.4 Å². The lowest BCUT2D eigenvalue weighted by atomic mass is 9.68.